The third-order valence-electron chi connectivity index (χ3n) is 0.635. The highest BCUT2D eigenvalue weighted by atomic mass is 16.9. The van der Waals surface area contributed by atoms with Crippen molar-refractivity contribution in [3.05, 3.63) is 0 Å². The second kappa shape index (κ2) is 5.68. The molecule has 0 aromatic rings. The lowest BCUT2D eigenvalue weighted by atomic mass is 10.9. The fraction of sp³-hybridized carbons (Fsp3) is 0.800. The number of hydroxylamine groups is 2. The molecule has 9 heavy (non-hydrogen) atoms. The van der Waals surface area contributed by atoms with E-state index in [-0.39, 0.29) is 6.61 Å². The van der Waals surface area contributed by atoms with Gasteiger partial charge in [0.2, 0.25) is 0 Å². The van der Waals surface area contributed by atoms with Crippen LogP contribution in [-0.2, 0) is 14.5 Å². The summed E-state index contributed by atoms with van der Waals surface area (Å²) in [6.07, 6.45) is 0.662. The minimum absolute atomic E-state index is 0.0382. The first-order valence-electron chi connectivity index (χ1n) is 2.74. The van der Waals surface area contributed by atoms with Crippen LogP contribution < -0.4 is 0 Å². The number of aldehydes is 1. The van der Waals surface area contributed by atoms with Crippen molar-refractivity contribution in [1.29, 1.82) is 0 Å². The molecule has 0 radical (unpaired) electrons. The fourth-order valence-corrected chi connectivity index (χ4v) is 0.354. The second-order valence-electron chi connectivity index (χ2n) is 1.32. The van der Waals surface area contributed by atoms with Gasteiger partial charge in [0.25, 0.3) is 0 Å². The van der Waals surface area contributed by atoms with Gasteiger partial charge >= 0.3 is 0 Å². The molecule has 0 fully saturated rings. The highest BCUT2D eigenvalue weighted by molar-refractivity contribution is 5.50. The number of hydrogen-bond acceptors (Lipinski definition) is 4. The van der Waals surface area contributed by atoms with Crippen LogP contribution in [0.15, 0.2) is 0 Å². The molecule has 0 N–H and O–H groups in total. The van der Waals surface area contributed by atoms with E-state index in [0.717, 1.165) is 5.23 Å². The summed E-state index contributed by atoms with van der Waals surface area (Å²) in [6, 6.07) is 0. The van der Waals surface area contributed by atoms with Crippen molar-refractivity contribution in [2.24, 2.45) is 0 Å². The van der Waals surface area contributed by atoms with Crippen LogP contribution in [0.25, 0.3) is 0 Å². The molecule has 0 bridgehead atoms. The molecule has 4 heteroatoms. The van der Waals surface area contributed by atoms with Crippen molar-refractivity contribution in [2.45, 2.75) is 6.92 Å². The summed E-state index contributed by atoms with van der Waals surface area (Å²) in [5.74, 6) is 0. The topological polar surface area (TPSA) is 38.8 Å². The van der Waals surface area contributed by atoms with Gasteiger partial charge in [-0.25, -0.2) is 0 Å². The maximum atomic E-state index is 9.71. The standard InChI is InChI=1S/C5H11NO3/c1-3-8-6(2)9-5-4-7/h4H,3,5H2,1-2H3. The molecule has 0 rings (SSSR count). The predicted octanol–water partition coefficient (Wildman–Crippen LogP) is 0.000200. The van der Waals surface area contributed by atoms with Crippen molar-refractivity contribution < 1.29 is 14.5 Å². The minimum atomic E-state index is 0.0382. The van der Waals surface area contributed by atoms with Crippen molar-refractivity contribution in [2.75, 3.05) is 20.3 Å². The van der Waals surface area contributed by atoms with Gasteiger partial charge in [-0.1, -0.05) is 5.23 Å². The molecule has 0 aliphatic carbocycles. The Bertz CT molecular complexity index is 76.6. The summed E-state index contributed by atoms with van der Waals surface area (Å²) < 4.78 is 0. The van der Waals surface area contributed by atoms with E-state index in [1.54, 1.807) is 7.05 Å². The van der Waals surface area contributed by atoms with E-state index in [4.69, 9.17) is 4.84 Å². The van der Waals surface area contributed by atoms with Crippen LogP contribution in [0.5, 0.6) is 0 Å². The van der Waals surface area contributed by atoms with E-state index in [1.165, 1.54) is 0 Å². The Morgan fingerprint density at radius 3 is 2.67 bits per heavy atom. The smallest absolute Gasteiger partial charge is 0.147 e. The maximum absolute atomic E-state index is 9.71. The monoisotopic (exact) mass is 133 g/mol. The molecular formula is C5H11NO3. The van der Waals surface area contributed by atoms with Crippen LogP contribution in [0, 0.1) is 0 Å². The van der Waals surface area contributed by atoms with E-state index in [1.807, 2.05) is 6.92 Å². The Morgan fingerprint density at radius 2 is 2.22 bits per heavy atom. The first-order chi connectivity index (χ1) is 4.31. The Kier molecular flexibility index (Phi) is 5.40. The first kappa shape index (κ1) is 8.55. The average molecular weight is 133 g/mol. The summed E-state index contributed by atoms with van der Waals surface area (Å²) in [6.45, 7) is 2.41. The van der Waals surface area contributed by atoms with Crippen LogP contribution in [0.2, 0.25) is 0 Å². The summed E-state index contributed by atoms with van der Waals surface area (Å²) in [5, 5.41) is 1.16. The van der Waals surface area contributed by atoms with Crippen LogP contribution in [0.1, 0.15) is 6.92 Å². The van der Waals surface area contributed by atoms with E-state index in [9.17, 15) is 4.79 Å². The summed E-state index contributed by atoms with van der Waals surface area (Å²) in [7, 11) is 1.59. The van der Waals surface area contributed by atoms with Crippen molar-refractivity contribution in [3.63, 3.8) is 0 Å². The molecule has 54 valence electrons. The van der Waals surface area contributed by atoms with Crippen LogP contribution in [-0.4, -0.2) is 31.8 Å². The molecule has 0 atom stereocenters. The molecule has 0 spiro atoms. The highest BCUT2D eigenvalue weighted by Crippen LogP contribution is 1.83. The third kappa shape index (κ3) is 5.42. The van der Waals surface area contributed by atoms with Gasteiger partial charge in [-0.15, -0.1) is 0 Å². The van der Waals surface area contributed by atoms with Gasteiger partial charge in [-0.3, -0.25) is 9.68 Å². The third-order valence-corrected chi connectivity index (χ3v) is 0.635. The van der Waals surface area contributed by atoms with Crippen molar-refractivity contribution in [3.8, 4) is 0 Å². The highest BCUT2D eigenvalue weighted by Gasteiger charge is 1.92. The molecule has 0 aromatic heterocycles. The van der Waals surface area contributed by atoms with Gasteiger partial charge in [0.1, 0.15) is 12.9 Å². The normalized spacial score (nSPS) is 10.1. The Hall–Kier alpha value is -0.450. The van der Waals surface area contributed by atoms with E-state index in [0.29, 0.717) is 12.9 Å². The molecule has 0 saturated heterocycles. The Balaban J connectivity index is 3.04. The van der Waals surface area contributed by atoms with E-state index < -0.39 is 0 Å². The average Bonchev–Trinajstić information content (AvgIpc) is 1.85. The second-order valence-corrected chi connectivity index (χ2v) is 1.32. The summed E-state index contributed by atoms with van der Waals surface area (Å²) >= 11 is 0. The van der Waals surface area contributed by atoms with Crippen LogP contribution in [0.4, 0.5) is 0 Å². The Morgan fingerprint density at radius 1 is 1.56 bits per heavy atom. The van der Waals surface area contributed by atoms with Gasteiger partial charge in [0.15, 0.2) is 0 Å². The molecule has 0 aliphatic heterocycles. The van der Waals surface area contributed by atoms with Gasteiger partial charge in [0.05, 0.1) is 6.61 Å². The molecule has 0 amide bonds. The zero-order valence-corrected chi connectivity index (χ0v) is 5.66. The van der Waals surface area contributed by atoms with Crippen LogP contribution in [0.3, 0.4) is 0 Å². The number of carbonyl (C=O) groups is 1. The molecule has 0 saturated carbocycles. The molecule has 0 aromatic carbocycles. The van der Waals surface area contributed by atoms with Gasteiger partial charge in [-0.2, -0.15) is 0 Å². The van der Waals surface area contributed by atoms with Gasteiger partial charge in [-0.05, 0) is 6.92 Å². The molecule has 4 nitrogen and oxygen atoms in total. The van der Waals surface area contributed by atoms with Gasteiger partial charge in [0, 0.05) is 7.05 Å². The van der Waals surface area contributed by atoms with Crippen molar-refractivity contribution in [1.82, 2.24) is 5.23 Å². The van der Waals surface area contributed by atoms with Gasteiger partial charge < -0.3 is 4.79 Å². The number of carbonyl (C=O) groups excluding carboxylic acids is 1. The number of rotatable bonds is 5. The summed E-state index contributed by atoms with van der Waals surface area (Å²) in [4.78, 5) is 19.2. The van der Waals surface area contributed by atoms with E-state index in [2.05, 4.69) is 4.84 Å². The molecule has 0 unspecified atom stereocenters. The maximum Gasteiger partial charge on any atom is 0.147 e. The predicted molar refractivity (Wildman–Crippen MR) is 31.4 cm³/mol. The number of hydrogen-bond donors (Lipinski definition) is 0. The number of nitrogens with zero attached hydrogens (tertiary/aromatic N) is 1. The summed E-state index contributed by atoms with van der Waals surface area (Å²) in [5.41, 5.74) is 0. The van der Waals surface area contributed by atoms with Crippen molar-refractivity contribution >= 4 is 6.29 Å². The zero-order chi connectivity index (χ0) is 7.11. The SMILES string of the molecule is CCON(C)OCC=O. The zero-order valence-electron chi connectivity index (χ0n) is 5.66. The quantitative estimate of drug-likeness (QED) is 0.391. The lowest BCUT2D eigenvalue weighted by Crippen LogP contribution is -2.20. The largest absolute Gasteiger partial charge is 0.301 e. The molecule has 0 heterocycles. The molecule has 0 aliphatic rings. The van der Waals surface area contributed by atoms with E-state index >= 15 is 0 Å². The Labute approximate surface area is 54.3 Å². The first-order valence-corrected chi connectivity index (χ1v) is 2.74. The fourth-order valence-electron chi connectivity index (χ4n) is 0.354. The van der Waals surface area contributed by atoms with Crippen LogP contribution >= 0.6 is 0 Å². The molecular weight excluding hydrogens is 122 g/mol. The minimum Gasteiger partial charge on any atom is -0.301 e. The lowest BCUT2D eigenvalue weighted by molar-refractivity contribution is -0.345. The lowest BCUT2D eigenvalue weighted by Gasteiger charge is -2.11.